The second-order valence-corrected chi connectivity index (χ2v) is 9.53. The Balaban J connectivity index is 1.46. The highest BCUT2D eigenvalue weighted by Crippen LogP contribution is 2.24. The summed E-state index contributed by atoms with van der Waals surface area (Å²) in [5.41, 5.74) is 3.49. The fraction of sp³-hybridized carbons (Fsp3) is 0.273. The zero-order chi connectivity index (χ0) is 21.1. The van der Waals surface area contributed by atoms with Gasteiger partial charge < -0.3 is 0 Å². The van der Waals surface area contributed by atoms with Crippen LogP contribution in [0.15, 0.2) is 64.3 Å². The van der Waals surface area contributed by atoms with Crippen LogP contribution in [0.5, 0.6) is 0 Å². The van der Waals surface area contributed by atoms with Gasteiger partial charge in [-0.15, -0.1) is 0 Å². The SMILES string of the molecule is O=c1ccc(-c2ccc(Cl)cc2)nn1CCNS(=O)(=O)c1ccc2c(c1)CCCC2. The minimum atomic E-state index is -3.65. The summed E-state index contributed by atoms with van der Waals surface area (Å²) in [4.78, 5) is 12.4. The Morgan fingerprint density at radius 1 is 0.967 bits per heavy atom. The molecule has 1 N–H and O–H groups in total. The third kappa shape index (κ3) is 4.64. The number of aryl methyl sites for hydroxylation is 2. The summed E-state index contributed by atoms with van der Waals surface area (Å²) in [5, 5.41) is 4.96. The van der Waals surface area contributed by atoms with Gasteiger partial charge in [-0.25, -0.2) is 17.8 Å². The van der Waals surface area contributed by atoms with Crippen molar-refractivity contribution in [2.45, 2.75) is 37.1 Å². The monoisotopic (exact) mass is 443 g/mol. The molecule has 1 heterocycles. The molecular formula is C22H22ClN3O3S. The van der Waals surface area contributed by atoms with Crippen LogP contribution in [0.25, 0.3) is 11.3 Å². The molecule has 1 aliphatic rings. The van der Waals surface area contributed by atoms with Crippen molar-refractivity contribution < 1.29 is 8.42 Å². The van der Waals surface area contributed by atoms with Crippen LogP contribution in [0.4, 0.5) is 0 Å². The van der Waals surface area contributed by atoms with Crippen molar-refractivity contribution in [1.29, 1.82) is 0 Å². The van der Waals surface area contributed by atoms with Gasteiger partial charge in [-0.3, -0.25) is 4.79 Å². The third-order valence-electron chi connectivity index (χ3n) is 5.25. The average Bonchev–Trinajstić information content (AvgIpc) is 2.75. The minimum absolute atomic E-state index is 0.0659. The Morgan fingerprint density at radius 2 is 1.70 bits per heavy atom. The third-order valence-corrected chi connectivity index (χ3v) is 6.96. The Bertz CT molecular complexity index is 1220. The number of aromatic nitrogens is 2. The first kappa shape index (κ1) is 20.8. The highest BCUT2D eigenvalue weighted by atomic mass is 35.5. The van der Waals surface area contributed by atoms with E-state index in [-0.39, 0.29) is 23.5 Å². The highest BCUT2D eigenvalue weighted by molar-refractivity contribution is 7.89. The van der Waals surface area contributed by atoms with Crippen LogP contribution in [0.1, 0.15) is 24.0 Å². The van der Waals surface area contributed by atoms with E-state index in [1.807, 2.05) is 18.2 Å². The van der Waals surface area contributed by atoms with Crippen LogP contribution in [-0.2, 0) is 29.4 Å². The van der Waals surface area contributed by atoms with Gasteiger partial charge in [-0.2, -0.15) is 5.10 Å². The smallest absolute Gasteiger partial charge is 0.266 e. The molecule has 0 saturated carbocycles. The molecule has 0 fully saturated rings. The van der Waals surface area contributed by atoms with E-state index in [0.717, 1.165) is 36.8 Å². The number of fused-ring (bicyclic) bond motifs is 1. The van der Waals surface area contributed by atoms with Crippen molar-refractivity contribution in [3.05, 3.63) is 81.1 Å². The largest absolute Gasteiger partial charge is 0.268 e. The maximum Gasteiger partial charge on any atom is 0.266 e. The highest BCUT2D eigenvalue weighted by Gasteiger charge is 2.17. The number of benzene rings is 2. The number of hydrogen-bond donors (Lipinski definition) is 1. The Morgan fingerprint density at radius 3 is 2.47 bits per heavy atom. The van der Waals surface area contributed by atoms with Gasteiger partial charge in [0.1, 0.15) is 0 Å². The summed E-state index contributed by atoms with van der Waals surface area (Å²) in [6, 6.07) is 15.5. The molecule has 0 atom stereocenters. The molecular weight excluding hydrogens is 422 g/mol. The van der Waals surface area contributed by atoms with Crippen molar-refractivity contribution >= 4 is 21.6 Å². The number of rotatable bonds is 6. The van der Waals surface area contributed by atoms with E-state index in [9.17, 15) is 13.2 Å². The summed E-state index contributed by atoms with van der Waals surface area (Å²) in [7, 11) is -3.65. The van der Waals surface area contributed by atoms with Crippen molar-refractivity contribution in [1.82, 2.24) is 14.5 Å². The Hall–Kier alpha value is -2.48. The lowest BCUT2D eigenvalue weighted by Crippen LogP contribution is -2.32. The van der Waals surface area contributed by atoms with Gasteiger partial charge in [0.05, 0.1) is 17.1 Å². The number of hydrogen-bond acceptors (Lipinski definition) is 4. The molecule has 1 aliphatic carbocycles. The first-order chi connectivity index (χ1) is 14.4. The second-order valence-electron chi connectivity index (χ2n) is 7.32. The predicted octanol–water partition coefficient (Wildman–Crippen LogP) is 3.42. The molecule has 30 heavy (non-hydrogen) atoms. The zero-order valence-corrected chi connectivity index (χ0v) is 17.9. The molecule has 2 aromatic carbocycles. The molecule has 3 aromatic rings. The molecule has 0 unspecified atom stereocenters. The van der Waals surface area contributed by atoms with Crippen LogP contribution in [0, 0.1) is 0 Å². The normalized spacial score (nSPS) is 13.8. The Kier molecular flexibility index (Phi) is 6.04. The maximum absolute atomic E-state index is 12.7. The van der Waals surface area contributed by atoms with Gasteiger partial charge in [0.2, 0.25) is 10.0 Å². The standard InChI is InChI=1S/C22H22ClN3O3S/c23-19-8-5-17(6-9-19)21-11-12-22(27)26(25-21)14-13-24-30(28,29)20-10-7-16-3-1-2-4-18(16)15-20/h5-12,15,24H,1-4,13-14H2. The summed E-state index contributed by atoms with van der Waals surface area (Å²) >= 11 is 5.92. The van der Waals surface area contributed by atoms with Gasteiger partial charge in [0.25, 0.3) is 5.56 Å². The van der Waals surface area contributed by atoms with Crippen LogP contribution < -0.4 is 10.3 Å². The summed E-state index contributed by atoms with van der Waals surface area (Å²) < 4.78 is 29.2. The van der Waals surface area contributed by atoms with E-state index in [1.54, 1.807) is 30.3 Å². The van der Waals surface area contributed by atoms with E-state index in [0.29, 0.717) is 10.7 Å². The van der Waals surface area contributed by atoms with Gasteiger partial charge in [-0.1, -0.05) is 29.8 Å². The van der Waals surface area contributed by atoms with Crippen LogP contribution in [0.2, 0.25) is 5.02 Å². The lowest BCUT2D eigenvalue weighted by Gasteiger charge is -2.17. The Labute approximate surface area is 180 Å². The van der Waals surface area contributed by atoms with E-state index >= 15 is 0 Å². The molecule has 0 bridgehead atoms. The quantitative estimate of drug-likeness (QED) is 0.633. The fourth-order valence-corrected chi connectivity index (χ4v) is 4.83. The molecule has 0 saturated heterocycles. The number of halogens is 1. The maximum atomic E-state index is 12.7. The molecule has 156 valence electrons. The lowest BCUT2D eigenvalue weighted by molar-refractivity contribution is 0.548. The first-order valence-electron chi connectivity index (χ1n) is 9.88. The fourth-order valence-electron chi connectivity index (χ4n) is 3.63. The molecule has 4 rings (SSSR count). The molecule has 6 nitrogen and oxygen atoms in total. The summed E-state index contributed by atoms with van der Waals surface area (Å²) in [6.45, 7) is 0.195. The average molecular weight is 444 g/mol. The van der Waals surface area contributed by atoms with E-state index in [1.165, 1.54) is 16.3 Å². The molecule has 8 heteroatoms. The summed E-state index contributed by atoms with van der Waals surface area (Å²) in [5.74, 6) is 0. The van der Waals surface area contributed by atoms with Gasteiger partial charge in [0.15, 0.2) is 0 Å². The van der Waals surface area contributed by atoms with Crippen molar-refractivity contribution in [2.24, 2.45) is 0 Å². The van der Waals surface area contributed by atoms with Crippen molar-refractivity contribution in [3.8, 4) is 11.3 Å². The van der Waals surface area contributed by atoms with E-state index in [4.69, 9.17) is 11.6 Å². The van der Waals surface area contributed by atoms with E-state index < -0.39 is 10.0 Å². The number of sulfonamides is 1. The van der Waals surface area contributed by atoms with Crippen molar-refractivity contribution in [3.63, 3.8) is 0 Å². The first-order valence-corrected chi connectivity index (χ1v) is 11.7. The topological polar surface area (TPSA) is 81.1 Å². The van der Waals surface area contributed by atoms with Gasteiger partial charge >= 0.3 is 0 Å². The summed E-state index contributed by atoms with van der Waals surface area (Å²) in [6.07, 6.45) is 4.15. The van der Waals surface area contributed by atoms with Gasteiger partial charge in [0, 0.05) is 23.2 Å². The predicted molar refractivity (Wildman–Crippen MR) is 117 cm³/mol. The molecule has 1 aromatic heterocycles. The molecule has 0 aliphatic heterocycles. The zero-order valence-electron chi connectivity index (χ0n) is 16.3. The number of nitrogens with zero attached hydrogens (tertiary/aromatic N) is 2. The van der Waals surface area contributed by atoms with Crippen LogP contribution >= 0.6 is 11.6 Å². The second kappa shape index (κ2) is 8.71. The molecule has 0 spiro atoms. The van der Waals surface area contributed by atoms with Crippen LogP contribution in [-0.4, -0.2) is 24.7 Å². The lowest BCUT2D eigenvalue weighted by atomic mass is 9.92. The van der Waals surface area contributed by atoms with Crippen molar-refractivity contribution in [2.75, 3.05) is 6.54 Å². The van der Waals surface area contributed by atoms with Crippen LogP contribution in [0.3, 0.4) is 0 Å². The van der Waals surface area contributed by atoms with Gasteiger partial charge in [-0.05, 0) is 67.1 Å². The molecule has 0 amide bonds. The minimum Gasteiger partial charge on any atom is -0.268 e. The molecule has 0 radical (unpaired) electrons. The number of nitrogens with one attached hydrogen (secondary N) is 1. The van der Waals surface area contributed by atoms with E-state index in [2.05, 4.69) is 9.82 Å².